The fourth-order valence-electron chi connectivity index (χ4n) is 0.833. The Kier molecular flexibility index (Phi) is 5.00. The maximum absolute atomic E-state index is 10.1. The first kappa shape index (κ1) is 11.5. The van der Waals surface area contributed by atoms with E-state index < -0.39 is 24.4 Å². The second kappa shape index (κ2) is 5.21. The van der Waals surface area contributed by atoms with E-state index in [1.54, 1.807) is 0 Å². The van der Waals surface area contributed by atoms with Crippen molar-refractivity contribution in [2.24, 2.45) is 0 Å². The molecule has 4 atom stereocenters. The van der Waals surface area contributed by atoms with E-state index in [9.17, 15) is 9.90 Å². The number of aliphatic hydroxyl groups excluding tert-OH is 3. The Bertz CT molecular complexity index is 136. The maximum atomic E-state index is 10.1. The number of carbonyl (C=O) groups excluding carboxylic acids is 1. The van der Waals surface area contributed by atoms with E-state index >= 15 is 0 Å². The van der Waals surface area contributed by atoms with Crippen LogP contribution in [0, 0.1) is 0 Å². The van der Waals surface area contributed by atoms with Gasteiger partial charge in [0.25, 0.3) is 0 Å². The Labute approximate surface area is 70.6 Å². The molecule has 0 aromatic carbocycles. The highest BCUT2D eigenvalue weighted by molar-refractivity contribution is 5.56. The van der Waals surface area contributed by atoms with E-state index in [0.717, 1.165) is 0 Å². The number of hydrogen-bond acceptors (Lipinski definition) is 5. The summed E-state index contributed by atoms with van der Waals surface area (Å²) in [5, 5.41) is 27.1. The molecular weight excluding hydrogens is 164 g/mol. The molecule has 0 aliphatic heterocycles. The highest BCUT2D eigenvalue weighted by Crippen LogP contribution is 2.06. The lowest BCUT2D eigenvalue weighted by Crippen LogP contribution is -2.45. The molecule has 0 heterocycles. The quantitative estimate of drug-likeness (QED) is 0.437. The summed E-state index contributed by atoms with van der Waals surface area (Å²) in [7, 11) is 1.24. The molecule has 0 unspecified atom stereocenters. The van der Waals surface area contributed by atoms with Crippen LogP contribution < -0.4 is 0 Å². The van der Waals surface area contributed by atoms with Crippen molar-refractivity contribution in [3.05, 3.63) is 0 Å². The number of hydrogen-bond donors (Lipinski definition) is 3. The molecule has 0 radical (unpaired) electrons. The summed E-state index contributed by atoms with van der Waals surface area (Å²) < 4.78 is 4.63. The van der Waals surface area contributed by atoms with Gasteiger partial charge < -0.3 is 24.9 Å². The monoisotopic (exact) mass is 178 g/mol. The van der Waals surface area contributed by atoms with Crippen LogP contribution in [0.3, 0.4) is 0 Å². The smallest absolute Gasteiger partial charge is 0.151 e. The molecule has 0 spiro atoms. The fraction of sp³-hybridized carbons (Fsp3) is 0.857. The first-order valence-electron chi connectivity index (χ1n) is 3.56. The molecular formula is C7H14O5. The summed E-state index contributed by atoms with van der Waals surface area (Å²) in [5.41, 5.74) is 0. The number of carbonyl (C=O) groups is 1. The summed E-state index contributed by atoms with van der Waals surface area (Å²) in [5.74, 6) is 0. The molecule has 0 rings (SSSR count). The van der Waals surface area contributed by atoms with E-state index in [-0.39, 0.29) is 6.29 Å². The highest BCUT2D eigenvalue weighted by Gasteiger charge is 2.29. The maximum Gasteiger partial charge on any atom is 0.151 e. The Balaban J connectivity index is 4.22. The topological polar surface area (TPSA) is 87.0 Å². The minimum atomic E-state index is -1.42. The number of methoxy groups -OCH3 is 1. The third kappa shape index (κ3) is 2.86. The van der Waals surface area contributed by atoms with Crippen LogP contribution in [0.25, 0.3) is 0 Å². The summed E-state index contributed by atoms with van der Waals surface area (Å²) in [6.45, 7) is 1.34. The fourth-order valence-corrected chi connectivity index (χ4v) is 0.833. The molecule has 0 aromatic rings. The van der Waals surface area contributed by atoms with Crippen molar-refractivity contribution < 1.29 is 24.9 Å². The number of ether oxygens (including phenoxy) is 1. The van der Waals surface area contributed by atoms with Crippen LogP contribution in [0.1, 0.15) is 6.92 Å². The normalized spacial score (nSPS) is 21.1. The molecule has 0 saturated heterocycles. The van der Waals surface area contributed by atoms with Gasteiger partial charge in [-0.25, -0.2) is 0 Å². The van der Waals surface area contributed by atoms with Crippen LogP contribution in [-0.4, -0.2) is 53.1 Å². The average molecular weight is 178 g/mol. The summed E-state index contributed by atoms with van der Waals surface area (Å²) in [6.07, 6.45) is -4.57. The molecule has 5 nitrogen and oxygen atoms in total. The molecule has 0 aromatic heterocycles. The standard InChI is InChI=1S/C7H14O5/c1-4(9)6(11)7(12-2)5(10)3-8/h3-7,9-11H,1-2H3/t4-,5+,6-,7-/m1/s1. The van der Waals surface area contributed by atoms with Crippen molar-refractivity contribution in [3.63, 3.8) is 0 Å². The third-order valence-electron chi connectivity index (χ3n) is 1.58. The molecule has 3 N–H and O–H groups in total. The van der Waals surface area contributed by atoms with E-state index in [2.05, 4.69) is 4.74 Å². The zero-order chi connectivity index (χ0) is 9.72. The lowest BCUT2D eigenvalue weighted by molar-refractivity contribution is -0.138. The van der Waals surface area contributed by atoms with E-state index in [0.29, 0.717) is 0 Å². The molecule has 12 heavy (non-hydrogen) atoms. The minimum absolute atomic E-state index is 0.250. The Morgan fingerprint density at radius 1 is 1.33 bits per heavy atom. The molecule has 0 saturated carbocycles. The van der Waals surface area contributed by atoms with Gasteiger partial charge in [0.2, 0.25) is 0 Å². The van der Waals surface area contributed by atoms with Gasteiger partial charge in [0.1, 0.15) is 18.3 Å². The van der Waals surface area contributed by atoms with Crippen LogP contribution in [0.4, 0.5) is 0 Å². The van der Waals surface area contributed by atoms with Crippen molar-refractivity contribution in [1.82, 2.24) is 0 Å². The molecule has 0 aliphatic carbocycles. The Morgan fingerprint density at radius 2 is 1.83 bits per heavy atom. The van der Waals surface area contributed by atoms with Gasteiger partial charge >= 0.3 is 0 Å². The zero-order valence-electron chi connectivity index (χ0n) is 7.04. The summed E-state index contributed by atoms with van der Waals surface area (Å²) in [6, 6.07) is 0. The largest absolute Gasteiger partial charge is 0.391 e. The second-order valence-corrected chi connectivity index (χ2v) is 2.56. The molecule has 0 aliphatic rings. The van der Waals surface area contributed by atoms with Crippen molar-refractivity contribution in [1.29, 1.82) is 0 Å². The lowest BCUT2D eigenvalue weighted by Gasteiger charge is -2.24. The van der Waals surface area contributed by atoms with Gasteiger partial charge in [-0.3, -0.25) is 0 Å². The number of aldehydes is 1. The van der Waals surface area contributed by atoms with Crippen molar-refractivity contribution in [2.45, 2.75) is 31.3 Å². The zero-order valence-corrected chi connectivity index (χ0v) is 7.04. The molecule has 72 valence electrons. The van der Waals surface area contributed by atoms with Gasteiger partial charge in [-0.1, -0.05) is 0 Å². The van der Waals surface area contributed by atoms with Crippen LogP contribution >= 0.6 is 0 Å². The number of aliphatic hydroxyl groups is 3. The first-order valence-corrected chi connectivity index (χ1v) is 3.56. The van der Waals surface area contributed by atoms with Gasteiger partial charge in [-0.2, -0.15) is 0 Å². The van der Waals surface area contributed by atoms with Crippen molar-refractivity contribution in [3.8, 4) is 0 Å². The molecule has 0 amide bonds. The van der Waals surface area contributed by atoms with E-state index in [1.165, 1.54) is 14.0 Å². The molecule has 0 fully saturated rings. The second-order valence-electron chi connectivity index (χ2n) is 2.56. The first-order chi connectivity index (χ1) is 5.54. The van der Waals surface area contributed by atoms with Crippen LogP contribution in [-0.2, 0) is 9.53 Å². The van der Waals surface area contributed by atoms with Gasteiger partial charge in [0.15, 0.2) is 6.29 Å². The predicted octanol–water partition coefficient (Wildman–Crippen LogP) is -1.70. The van der Waals surface area contributed by atoms with Crippen molar-refractivity contribution >= 4 is 6.29 Å². The Morgan fingerprint density at radius 3 is 2.08 bits per heavy atom. The highest BCUT2D eigenvalue weighted by atomic mass is 16.5. The minimum Gasteiger partial charge on any atom is -0.391 e. The Hall–Kier alpha value is -0.490. The van der Waals surface area contributed by atoms with Gasteiger partial charge in [0, 0.05) is 7.11 Å². The summed E-state index contributed by atoms with van der Waals surface area (Å²) >= 11 is 0. The van der Waals surface area contributed by atoms with E-state index in [1.807, 2.05) is 0 Å². The summed E-state index contributed by atoms with van der Waals surface area (Å²) in [4.78, 5) is 10.1. The number of rotatable bonds is 5. The predicted molar refractivity (Wildman–Crippen MR) is 40.6 cm³/mol. The van der Waals surface area contributed by atoms with Crippen molar-refractivity contribution in [2.75, 3.05) is 7.11 Å². The van der Waals surface area contributed by atoms with Gasteiger partial charge in [-0.15, -0.1) is 0 Å². The molecule has 5 heteroatoms. The van der Waals surface area contributed by atoms with Crippen LogP contribution in [0.5, 0.6) is 0 Å². The lowest BCUT2D eigenvalue weighted by atomic mass is 10.1. The van der Waals surface area contributed by atoms with Gasteiger partial charge in [0.05, 0.1) is 6.10 Å². The van der Waals surface area contributed by atoms with E-state index in [4.69, 9.17) is 10.2 Å². The van der Waals surface area contributed by atoms with Gasteiger partial charge in [-0.05, 0) is 6.92 Å². The SMILES string of the molecule is CO[C@@H]([C@H](O)[C@@H](C)O)[C@@H](O)C=O. The average Bonchev–Trinajstić information content (AvgIpc) is 2.05. The molecule has 0 bridgehead atoms. The van der Waals surface area contributed by atoms with Crippen LogP contribution in [0.15, 0.2) is 0 Å². The van der Waals surface area contributed by atoms with Crippen LogP contribution in [0.2, 0.25) is 0 Å². The third-order valence-corrected chi connectivity index (χ3v) is 1.58.